The molecule has 3 rings (SSSR count). The third-order valence-corrected chi connectivity index (χ3v) is 5.35. The minimum absolute atomic E-state index is 0.0239. The fraction of sp³-hybridized carbons (Fsp3) is 0.0476. The van der Waals surface area contributed by atoms with E-state index in [1.807, 2.05) is 36.4 Å². The van der Waals surface area contributed by atoms with E-state index in [4.69, 9.17) is 5.26 Å². The van der Waals surface area contributed by atoms with Gasteiger partial charge in [0.15, 0.2) is 0 Å². The maximum absolute atomic E-state index is 12.6. The number of nitriles is 1. The molecule has 3 aromatic rings. The molecule has 0 aliphatic heterocycles. The zero-order valence-corrected chi connectivity index (χ0v) is 15.6. The van der Waals surface area contributed by atoms with Crippen molar-refractivity contribution in [3.63, 3.8) is 0 Å². The first kappa shape index (κ1) is 19.1. The van der Waals surface area contributed by atoms with Crippen LogP contribution in [0.5, 0.6) is 0 Å². The standard InChI is InChI=1S/C21H17N3O3S/c22-14-16-9-11-19(12-10-16)24-28(26,27)20-8-4-7-18(13-20)21(25)23-15-17-5-2-1-3-6-17/h1-13,24H,15H2,(H,23,25). The fourth-order valence-corrected chi connectivity index (χ4v) is 3.62. The highest BCUT2D eigenvalue weighted by Gasteiger charge is 2.16. The molecule has 0 aliphatic rings. The van der Waals surface area contributed by atoms with E-state index in [9.17, 15) is 13.2 Å². The van der Waals surface area contributed by atoms with Gasteiger partial charge < -0.3 is 5.32 Å². The first-order chi connectivity index (χ1) is 13.5. The zero-order valence-electron chi connectivity index (χ0n) is 14.8. The Balaban J connectivity index is 1.73. The van der Waals surface area contributed by atoms with Crippen molar-refractivity contribution in [2.24, 2.45) is 0 Å². The number of amides is 1. The van der Waals surface area contributed by atoms with Gasteiger partial charge in [0, 0.05) is 17.8 Å². The molecular formula is C21H17N3O3S. The number of hydrogen-bond acceptors (Lipinski definition) is 4. The maximum atomic E-state index is 12.6. The highest BCUT2D eigenvalue weighted by Crippen LogP contribution is 2.18. The molecule has 0 unspecified atom stereocenters. The Morgan fingerprint density at radius 3 is 2.32 bits per heavy atom. The Kier molecular flexibility index (Phi) is 5.72. The Labute approximate surface area is 163 Å². The van der Waals surface area contributed by atoms with Gasteiger partial charge in [-0.3, -0.25) is 9.52 Å². The number of nitrogens with zero attached hydrogens (tertiary/aromatic N) is 1. The van der Waals surface area contributed by atoms with Gasteiger partial charge in [0.1, 0.15) is 0 Å². The second-order valence-corrected chi connectivity index (χ2v) is 7.67. The van der Waals surface area contributed by atoms with Crippen LogP contribution < -0.4 is 10.0 Å². The molecule has 0 heterocycles. The summed E-state index contributed by atoms with van der Waals surface area (Å²) in [7, 11) is -3.87. The molecule has 6 nitrogen and oxygen atoms in total. The summed E-state index contributed by atoms with van der Waals surface area (Å²) in [4.78, 5) is 12.3. The summed E-state index contributed by atoms with van der Waals surface area (Å²) in [5.74, 6) is -0.362. The van der Waals surface area contributed by atoms with E-state index in [0.717, 1.165) is 5.56 Å². The van der Waals surface area contributed by atoms with Crippen LogP contribution in [0.2, 0.25) is 0 Å². The van der Waals surface area contributed by atoms with Gasteiger partial charge in [0.2, 0.25) is 0 Å². The second kappa shape index (κ2) is 8.37. The molecule has 0 bridgehead atoms. The highest BCUT2D eigenvalue weighted by molar-refractivity contribution is 7.92. The van der Waals surface area contributed by atoms with Gasteiger partial charge in [0.25, 0.3) is 15.9 Å². The highest BCUT2D eigenvalue weighted by atomic mass is 32.2. The van der Waals surface area contributed by atoms with Crippen molar-refractivity contribution in [2.75, 3.05) is 4.72 Å². The van der Waals surface area contributed by atoms with Crippen molar-refractivity contribution in [2.45, 2.75) is 11.4 Å². The van der Waals surface area contributed by atoms with E-state index in [1.54, 1.807) is 6.07 Å². The molecule has 0 saturated heterocycles. The van der Waals surface area contributed by atoms with Crippen LogP contribution in [-0.4, -0.2) is 14.3 Å². The number of rotatable bonds is 6. The molecule has 140 valence electrons. The summed E-state index contributed by atoms with van der Waals surface area (Å²) < 4.78 is 27.6. The largest absolute Gasteiger partial charge is 0.348 e. The molecule has 1 amide bonds. The molecule has 0 saturated carbocycles. The number of carbonyl (C=O) groups is 1. The van der Waals surface area contributed by atoms with E-state index < -0.39 is 10.0 Å². The third-order valence-electron chi connectivity index (χ3n) is 3.97. The minimum Gasteiger partial charge on any atom is -0.348 e. The number of carbonyl (C=O) groups excluding carboxylic acids is 1. The topological polar surface area (TPSA) is 99.1 Å². The van der Waals surface area contributed by atoms with E-state index in [2.05, 4.69) is 10.0 Å². The number of benzene rings is 3. The molecule has 0 fully saturated rings. The second-order valence-electron chi connectivity index (χ2n) is 5.99. The van der Waals surface area contributed by atoms with Crippen molar-refractivity contribution in [3.8, 4) is 6.07 Å². The third kappa shape index (κ3) is 4.75. The predicted octanol–water partition coefficient (Wildman–Crippen LogP) is 3.29. The predicted molar refractivity (Wildman–Crippen MR) is 106 cm³/mol. The lowest BCUT2D eigenvalue weighted by Crippen LogP contribution is -2.23. The number of sulfonamides is 1. The van der Waals surface area contributed by atoms with Gasteiger partial charge in [-0.15, -0.1) is 0 Å². The van der Waals surface area contributed by atoms with Crippen LogP contribution in [0.15, 0.2) is 83.8 Å². The normalized spacial score (nSPS) is 10.7. The monoisotopic (exact) mass is 391 g/mol. The van der Waals surface area contributed by atoms with Crippen molar-refractivity contribution in [1.82, 2.24) is 5.32 Å². The lowest BCUT2D eigenvalue weighted by atomic mass is 10.2. The van der Waals surface area contributed by atoms with Crippen LogP contribution in [0, 0.1) is 11.3 Å². The SMILES string of the molecule is N#Cc1ccc(NS(=O)(=O)c2cccc(C(=O)NCc3ccccc3)c2)cc1. The van der Waals surface area contributed by atoms with Crippen molar-refractivity contribution >= 4 is 21.6 Å². The molecule has 0 spiro atoms. The smallest absolute Gasteiger partial charge is 0.261 e. The quantitative estimate of drug-likeness (QED) is 0.673. The summed E-state index contributed by atoms with van der Waals surface area (Å²) in [6, 6.07) is 23.3. The van der Waals surface area contributed by atoms with E-state index in [0.29, 0.717) is 17.8 Å². The molecule has 0 radical (unpaired) electrons. The van der Waals surface area contributed by atoms with Gasteiger partial charge in [-0.05, 0) is 48.0 Å². The Morgan fingerprint density at radius 2 is 1.64 bits per heavy atom. The Hall–Kier alpha value is -3.63. The van der Waals surface area contributed by atoms with Crippen molar-refractivity contribution < 1.29 is 13.2 Å². The average molecular weight is 391 g/mol. The lowest BCUT2D eigenvalue weighted by molar-refractivity contribution is 0.0950. The summed E-state index contributed by atoms with van der Waals surface area (Å²) >= 11 is 0. The molecule has 28 heavy (non-hydrogen) atoms. The van der Waals surface area contributed by atoms with E-state index in [1.165, 1.54) is 42.5 Å². The van der Waals surface area contributed by atoms with Gasteiger partial charge in [0.05, 0.1) is 16.5 Å². The molecule has 0 aliphatic carbocycles. The zero-order chi connectivity index (χ0) is 20.0. The van der Waals surface area contributed by atoms with Gasteiger partial charge in [-0.2, -0.15) is 5.26 Å². The number of nitrogens with one attached hydrogen (secondary N) is 2. The molecule has 3 aromatic carbocycles. The Bertz CT molecular complexity index is 1120. The van der Waals surface area contributed by atoms with Crippen molar-refractivity contribution in [3.05, 3.63) is 95.6 Å². The average Bonchev–Trinajstić information content (AvgIpc) is 2.73. The summed E-state index contributed by atoms with van der Waals surface area (Å²) in [5, 5.41) is 11.6. The molecule has 2 N–H and O–H groups in total. The van der Waals surface area contributed by atoms with Crippen LogP contribution in [0.4, 0.5) is 5.69 Å². The van der Waals surface area contributed by atoms with E-state index in [-0.39, 0.29) is 16.4 Å². The minimum atomic E-state index is -3.87. The molecule has 7 heteroatoms. The first-order valence-corrected chi connectivity index (χ1v) is 9.91. The number of hydrogen-bond donors (Lipinski definition) is 2. The van der Waals surface area contributed by atoms with Crippen LogP contribution in [0.3, 0.4) is 0 Å². The van der Waals surface area contributed by atoms with Crippen molar-refractivity contribution in [1.29, 1.82) is 5.26 Å². The molecular weight excluding hydrogens is 374 g/mol. The van der Waals surface area contributed by atoms with Gasteiger partial charge in [-0.25, -0.2) is 8.42 Å². The van der Waals surface area contributed by atoms with Gasteiger partial charge in [-0.1, -0.05) is 36.4 Å². The van der Waals surface area contributed by atoms with Crippen LogP contribution in [0.1, 0.15) is 21.5 Å². The Morgan fingerprint density at radius 1 is 0.929 bits per heavy atom. The van der Waals surface area contributed by atoms with E-state index >= 15 is 0 Å². The van der Waals surface area contributed by atoms with Gasteiger partial charge >= 0.3 is 0 Å². The number of anilines is 1. The first-order valence-electron chi connectivity index (χ1n) is 8.43. The molecule has 0 atom stereocenters. The van der Waals surface area contributed by atoms with Crippen LogP contribution >= 0.6 is 0 Å². The van der Waals surface area contributed by atoms with Crippen LogP contribution in [0.25, 0.3) is 0 Å². The lowest BCUT2D eigenvalue weighted by Gasteiger charge is -2.10. The maximum Gasteiger partial charge on any atom is 0.261 e. The molecule has 0 aromatic heterocycles. The summed E-state index contributed by atoms with van der Waals surface area (Å²) in [6.45, 7) is 0.347. The summed E-state index contributed by atoms with van der Waals surface area (Å²) in [6.07, 6.45) is 0. The summed E-state index contributed by atoms with van der Waals surface area (Å²) in [5.41, 5.74) is 1.96. The van der Waals surface area contributed by atoms with Crippen LogP contribution in [-0.2, 0) is 16.6 Å². The fourth-order valence-electron chi connectivity index (χ4n) is 2.51.